The van der Waals surface area contributed by atoms with Crippen molar-refractivity contribution < 1.29 is 18.7 Å². The Morgan fingerprint density at radius 1 is 1.07 bits per heavy atom. The average molecular weight is 388 g/mol. The number of amides is 1. The third kappa shape index (κ3) is 4.87. The van der Waals surface area contributed by atoms with Crippen LogP contribution in [0.5, 0.6) is 5.75 Å². The van der Waals surface area contributed by atoms with Gasteiger partial charge in [0, 0.05) is 18.8 Å². The lowest BCUT2D eigenvalue weighted by molar-refractivity contribution is -0.122. The van der Waals surface area contributed by atoms with Crippen LogP contribution in [0.3, 0.4) is 0 Å². The molecule has 0 radical (unpaired) electrons. The van der Waals surface area contributed by atoms with Gasteiger partial charge in [0.1, 0.15) is 17.7 Å². The van der Waals surface area contributed by atoms with Gasteiger partial charge in [-0.3, -0.25) is 9.69 Å². The van der Waals surface area contributed by atoms with Crippen molar-refractivity contribution in [3.63, 3.8) is 0 Å². The maximum Gasteiger partial charge on any atom is 0.244 e. The van der Waals surface area contributed by atoms with Gasteiger partial charge in [-0.15, -0.1) is 0 Å². The Hall–Kier alpha value is -2.47. The number of aryl methyl sites for hydroxylation is 1. The molecule has 0 aliphatic carbocycles. The summed E-state index contributed by atoms with van der Waals surface area (Å²) in [5.74, 6) is -0.0135. The van der Waals surface area contributed by atoms with Crippen molar-refractivity contribution in [1.82, 2.24) is 4.90 Å². The molecule has 2 aromatic rings. The summed E-state index contributed by atoms with van der Waals surface area (Å²) >= 11 is 0. The summed E-state index contributed by atoms with van der Waals surface area (Å²) in [6, 6.07) is 13.3. The van der Waals surface area contributed by atoms with Crippen molar-refractivity contribution in [3.8, 4) is 5.75 Å². The van der Waals surface area contributed by atoms with Gasteiger partial charge in [-0.25, -0.2) is 8.78 Å². The van der Waals surface area contributed by atoms with Crippen LogP contribution in [-0.2, 0) is 4.79 Å². The molecule has 0 saturated carbocycles. The molecule has 2 aliphatic heterocycles. The number of phenolic OH excluding ortho intramolecular Hbond substituents is 1. The highest BCUT2D eigenvalue weighted by atomic mass is 19.1. The van der Waals surface area contributed by atoms with Crippen LogP contribution in [0.15, 0.2) is 48.5 Å². The molecule has 2 aromatic carbocycles. The van der Waals surface area contributed by atoms with E-state index < -0.39 is 6.17 Å². The summed E-state index contributed by atoms with van der Waals surface area (Å²) in [5.41, 5.74) is 1.16. The molecule has 2 fully saturated rings. The van der Waals surface area contributed by atoms with E-state index >= 15 is 0 Å². The van der Waals surface area contributed by atoms with Gasteiger partial charge in [0.15, 0.2) is 0 Å². The fraction of sp³-hybridized carbons (Fsp3) is 0.409. The number of hydrogen-bond donors (Lipinski definition) is 1. The van der Waals surface area contributed by atoms with E-state index in [1.54, 1.807) is 48.2 Å². The number of phenols is 1. The highest BCUT2D eigenvalue weighted by molar-refractivity contribution is 5.99. The Bertz CT molecular complexity index is 800. The Morgan fingerprint density at radius 3 is 2.43 bits per heavy atom. The number of aromatic hydroxyl groups is 1. The molecular weight excluding hydrogens is 362 g/mol. The minimum atomic E-state index is -0.836. The maximum atomic E-state index is 13.7. The van der Waals surface area contributed by atoms with Crippen LogP contribution in [-0.4, -0.2) is 47.8 Å². The van der Waals surface area contributed by atoms with Crippen molar-refractivity contribution >= 4 is 11.6 Å². The first-order chi connectivity index (χ1) is 13.5. The summed E-state index contributed by atoms with van der Waals surface area (Å²) in [7, 11) is 0. The highest BCUT2D eigenvalue weighted by Gasteiger charge is 2.38. The second-order valence-corrected chi connectivity index (χ2v) is 7.30. The van der Waals surface area contributed by atoms with Crippen LogP contribution < -0.4 is 4.90 Å². The number of carbonyl (C=O) groups excluding carboxylic acids is 1. The van der Waals surface area contributed by atoms with E-state index in [4.69, 9.17) is 5.11 Å². The molecule has 1 amide bonds. The Balaban J connectivity index is 0.000000271. The molecule has 2 heterocycles. The van der Waals surface area contributed by atoms with Crippen LogP contribution in [0, 0.1) is 12.7 Å². The summed E-state index contributed by atoms with van der Waals surface area (Å²) in [4.78, 5) is 16.1. The predicted octanol–water partition coefficient (Wildman–Crippen LogP) is 4.07. The van der Waals surface area contributed by atoms with Gasteiger partial charge in [-0.1, -0.05) is 24.3 Å². The monoisotopic (exact) mass is 388 g/mol. The van der Waals surface area contributed by atoms with E-state index in [1.807, 2.05) is 11.0 Å². The molecule has 150 valence electrons. The molecule has 1 N–H and O–H groups in total. The summed E-state index contributed by atoms with van der Waals surface area (Å²) in [6.07, 6.45) is 1.23. The molecule has 2 aliphatic rings. The number of piperidine rings is 1. The van der Waals surface area contributed by atoms with Gasteiger partial charge in [-0.05, 0) is 62.6 Å². The number of alkyl halides is 1. The Morgan fingerprint density at radius 2 is 1.82 bits per heavy atom. The number of halogens is 2. The van der Waals surface area contributed by atoms with Gasteiger partial charge in [0.25, 0.3) is 0 Å². The van der Waals surface area contributed by atoms with Crippen LogP contribution in [0.2, 0.25) is 0 Å². The summed E-state index contributed by atoms with van der Waals surface area (Å²) in [6.45, 7) is 3.38. The third-order valence-electron chi connectivity index (χ3n) is 5.24. The van der Waals surface area contributed by atoms with Gasteiger partial charge < -0.3 is 10.0 Å². The zero-order valence-electron chi connectivity index (χ0n) is 16.0. The fourth-order valence-corrected chi connectivity index (χ4v) is 3.67. The van der Waals surface area contributed by atoms with Crippen molar-refractivity contribution in [3.05, 3.63) is 59.9 Å². The minimum Gasteiger partial charge on any atom is -0.508 e. The molecule has 2 atom stereocenters. The zero-order valence-corrected chi connectivity index (χ0v) is 16.0. The molecule has 0 spiro atoms. The van der Waals surface area contributed by atoms with Gasteiger partial charge in [0.05, 0.1) is 6.04 Å². The van der Waals surface area contributed by atoms with Crippen molar-refractivity contribution in [2.45, 2.75) is 38.4 Å². The SMILES string of the molecule is Cc1ccc(N2CCC(N3CCCC(F)C3)C2=O)cc1F.Oc1ccccc1. The lowest BCUT2D eigenvalue weighted by atomic mass is 10.1. The largest absolute Gasteiger partial charge is 0.508 e. The molecule has 0 aromatic heterocycles. The first kappa shape index (κ1) is 20.3. The van der Waals surface area contributed by atoms with Crippen LogP contribution >= 0.6 is 0 Å². The predicted molar refractivity (Wildman–Crippen MR) is 106 cm³/mol. The molecule has 4 rings (SSSR count). The van der Waals surface area contributed by atoms with Gasteiger partial charge in [-0.2, -0.15) is 0 Å². The van der Waals surface area contributed by atoms with Crippen molar-refractivity contribution in [2.75, 3.05) is 24.5 Å². The number of anilines is 1. The van der Waals surface area contributed by atoms with Crippen molar-refractivity contribution in [1.29, 1.82) is 0 Å². The third-order valence-corrected chi connectivity index (χ3v) is 5.24. The number of nitrogens with zero attached hydrogens (tertiary/aromatic N) is 2. The van der Waals surface area contributed by atoms with E-state index in [1.165, 1.54) is 6.07 Å². The molecule has 0 bridgehead atoms. The molecule has 2 unspecified atom stereocenters. The summed E-state index contributed by atoms with van der Waals surface area (Å²) < 4.78 is 27.2. The van der Waals surface area contributed by atoms with Crippen molar-refractivity contribution in [2.24, 2.45) is 0 Å². The van der Waals surface area contributed by atoms with Gasteiger partial charge >= 0.3 is 0 Å². The number of para-hydroxylation sites is 1. The van der Waals surface area contributed by atoms with Crippen LogP contribution in [0.4, 0.5) is 14.5 Å². The molecule has 4 nitrogen and oxygen atoms in total. The summed E-state index contributed by atoms with van der Waals surface area (Å²) in [5, 5.41) is 8.63. The molecule has 2 saturated heterocycles. The van der Waals surface area contributed by atoms with E-state index in [0.717, 1.165) is 13.0 Å². The second kappa shape index (κ2) is 9.15. The number of likely N-dealkylation sites (tertiary alicyclic amines) is 1. The quantitative estimate of drug-likeness (QED) is 0.844. The maximum absolute atomic E-state index is 13.7. The van der Waals surface area contributed by atoms with Gasteiger partial charge in [0.2, 0.25) is 5.91 Å². The highest BCUT2D eigenvalue weighted by Crippen LogP contribution is 2.28. The zero-order chi connectivity index (χ0) is 20.1. The fourth-order valence-electron chi connectivity index (χ4n) is 3.67. The number of benzene rings is 2. The first-order valence-electron chi connectivity index (χ1n) is 9.65. The lowest BCUT2D eigenvalue weighted by Gasteiger charge is -2.32. The van der Waals surface area contributed by atoms with E-state index in [0.29, 0.717) is 42.9 Å². The first-order valence-corrected chi connectivity index (χ1v) is 9.65. The number of carbonyl (C=O) groups is 1. The Labute approximate surface area is 164 Å². The average Bonchev–Trinajstić information content (AvgIpc) is 3.07. The van der Waals surface area contributed by atoms with E-state index in [2.05, 4.69) is 0 Å². The van der Waals surface area contributed by atoms with E-state index in [-0.39, 0.29) is 17.8 Å². The smallest absolute Gasteiger partial charge is 0.244 e. The molecular formula is C22H26F2N2O2. The number of rotatable bonds is 2. The second-order valence-electron chi connectivity index (χ2n) is 7.30. The van der Waals surface area contributed by atoms with Crippen LogP contribution in [0.25, 0.3) is 0 Å². The number of hydrogen-bond acceptors (Lipinski definition) is 3. The lowest BCUT2D eigenvalue weighted by Crippen LogP contribution is -2.47. The standard InChI is InChI=1S/C16H20F2N2O.C6H6O/c1-11-4-5-13(9-14(11)18)20-8-6-15(16(20)21)19-7-2-3-12(17)10-19;7-6-4-2-1-3-5-6/h4-5,9,12,15H,2-3,6-8,10H2,1H3;1-5,7H. The molecule has 6 heteroatoms. The molecule has 28 heavy (non-hydrogen) atoms. The normalized spacial score (nSPS) is 22.7. The van der Waals surface area contributed by atoms with Crippen LogP contribution in [0.1, 0.15) is 24.8 Å². The Kier molecular flexibility index (Phi) is 6.62. The minimum absolute atomic E-state index is 0.0349. The topological polar surface area (TPSA) is 43.8 Å². The van der Waals surface area contributed by atoms with E-state index in [9.17, 15) is 13.6 Å².